The Bertz CT molecular complexity index is 924. The van der Waals surface area contributed by atoms with Crippen molar-refractivity contribution in [1.29, 1.82) is 0 Å². The van der Waals surface area contributed by atoms with Crippen molar-refractivity contribution < 1.29 is 9.59 Å². The molecular weight excluding hydrogens is 412 g/mol. The van der Waals surface area contributed by atoms with E-state index in [-0.39, 0.29) is 23.8 Å². The van der Waals surface area contributed by atoms with Crippen LogP contribution in [-0.2, 0) is 15.0 Å². The third-order valence-electron chi connectivity index (χ3n) is 5.61. The number of benzene rings is 1. The first-order valence-corrected chi connectivity index (χ1v) is 12.3. The van der Waals surface area contributed by atoms with Gasteiger partial charge < -0.3 is 10.2 Å². The number of amides is 2. The third kappa shape index (κ3) is 8.02. The molecule has 0 aliphatic rings. The van der Waals surface area contributed by atoms with Crippen molar-refractivity contribution in [1.82, 2.24) is 14.7 Å². The predicted octanol–water partition coefficient (Wildman–Crippen LogP) is 5.87. The zero-order chi connectivity index (χ0) is 24.6. The van der Waals surface area contributed by atoms with E-state index in [1.807, 2.05) is 37.3 Å². The van der Waals surface area contributed by atoms with Gasteiger partial charge >= 0.3 is 0 Å². The average molecular weight is 455 g/mol. The second kappa shape index (κ2) is 12.0. The SMILES string of the molecule is CCCCCCC(=O)N(CC(=O)Nc1cc(C(C)(C)C)nn1-c1ccccc1C)CC(C)C. The van der Waals surface area contributed by atoms with Crippen LogP contribution < -0.4 is 5.32 Å². The molecule has 1 aromatic carbocycles. The van der Waals surface area contributed by atoms with E-state index in [2.05, 4.69) is 46.9 Å². The Labute approximate surface area is 199 Å². The van der Waals surface area contributed by atoms with Crippen molar-refractivity contribution in [3.05, 3.63) is 41.6 Å². The molecule has 182 valence electrons. The fraction of sp³-hybridized carbons (Fsp3) is 0.593. The summed E-state index contributed by atoms with van der Waals surface area (Å²) in [5, 5.41) is 7.84. The molecule has 2 amide bonds. The standard InChI is InChI=1S/C27H42N4O2/c1-8-9-10-11-16-26(33)30(18-20(2)3)19-25(32)28-24-17-23(27(5,6)7)29-31(24)22-15-13-12-14-21(22)4/h12-15,17,20H,8-11,16,18-19H2,1-7H3,(H,28,32). The highest BCUT2D eigenvalue weighted by molar-refractivity contribution is 5.94. The molecule has 2 aromatic rings. The van der Waals surface area contributed by atoms with Crippen LogP contribution >= 0.6 is 0 Å². The van der Waals surface area contributed by atoms with Crippen molar-refractivity contribution in [2.45, 2.75) is 86.0 Å². The summed E-state index contributed by atoms with van der Waals surface area (Å²) in [5.74, 6) is 0.770. The van der Waals surface area contributed by atoms with Crippen LogP contribution in [0.3, 0.4) is 0 Å². The van der Waals surface area contributed by atoms with E-state index in [0.29, 0.717) is 24.7 Å². The highest BCUT2D eigenvalue weighted by Crippen LogP contribution is 2.27. The zero-order valence-corrected chi connectivity index (χ0v) is 21.6. The lowest BCUT2D eigenvalue weighted by atomic mass is 9.92. The van der Waals surface area contributed by atoms with E-state index in [9.17, 15) is 9.59 Å². The number of para-hydroxylation sites is 1. The molecule has 1 N–H and O–H groups in total. The number of rotatable bonds is 11. The highest BCUT2D eigenvalue weighted by atomic mass is 16.2. The lowest BCUT2D eigenvalue weighted by Gasteiger charge is -2.24. The van der Waals surface area contributed by atoms with Gasteiger partial charge in [-0.15, -0.1) is 0 Å². The van der Waals surface area contributed by atoms with E-state index in [1.165, 1.54) is 0 Å². The number of aromatic nitrogens is 2. The number of anilines is 1. The maximum absolute atomic E-state index is 13.1. The molecule has 2 rings (SSSR count). The Morgan fingerprint density at radius 1 is 1.12 bits per heavy atom. The molecule has 6 nitrogen and oxygen atoms in total. The summed E-state index contributed by atoms with van der Waals surface area (Å²) in [6.45, 7) is 15.3. The predicted molar refractivity (Wildman–Crippen MR) is 136 cm³/mol. The summed E-state index contributed by atoms with van der Waals surface area (Å²) in [7, 11) is 0. The molecule has 0 bridgehead atoms. The molecule has 33 heavy (non-hydrogen) atoms. The first-order valence-electron chi connectivity index (χ1n) is 12.3. The molecular formula is C27H42N4O2. The van der Waals surface area contributed by atoms with Gasteiger partial charge in [0.05, 0.1) is 17.9 Å². The van der Waals surface area contributed by atoms with E-state index in [0.717, 1.165) is 42.6 Å². The summed E-state index contributed by atoms with van der Waals surface area (Å²) in [5.41, 5.74) is 2.73. The molecule has 0 aliphatic heterocycles. The molecule has 0 fully saturated rings. The molecule has 0 radical (unpaired) electrons. The molecule has 1 heterocycles. The van der Waals surface area contributed by atoms with Gasteiger partial charge in [0.2, 0.25) is 11.8 Å². The number of aryl methyl sites for hydroxylation is 1. The first kappa shape index (κ1) is 26.6. The van der Waals surface area contributed by atoms with Gasteiger partial charge in [-0.25, -0.2) is 4.68 Å². The minimum absolute atomic E-state index is 0.0502. The molecule has 0 spiro atoms. The molecule has 0 saturated carbocycles. The fourth-order valence-corrected chi connectivity index (χ4v) is 3.73. The van der Waals surface area contributed by atoms with Gasteiger partial charge in [0.1, 0.15) is 5.82 Å². The molecule has 0 aliphatic carbocycles. The van der Waals surface area contributed by atoms with Crippen LogP contribution in [0.2, 0.25) is 0 Å². The number of nitrogens with one attached hydrogen (secondary N) is 1. The van der Waals surface area contributed by atoms with Gasteiger partial charge in [-0.05, 0) is 30.9 Å². The Balaban J connectivity index is 2.22. The Morgan fingerprint density at radius 2 is 1.82 bits per heavy atom. The number of hydrogen-bond acceptors (Lipinski definition) is 3. The monoisotopic (exact) mass is 454 g/mol. The average Bonchev–Trinajstić information content (AvgIpc) is 3.14. The van der Waals surface area contributed by atoms with Gasteiger partial charge in [0, 0.05) is 24.4 Å². The summed E-state index contributed by atoms with van der Waals surface area (Å²) >= 11 is 0. The number of hydrogen-bond donors (Lipinski definition) is 1. The van der Waals surface area contributed by atoms with Gasteiger partial charge in [-0.1, -0.05) is 79.0 Å². The van der Waals surface area contributed by atoms with Gasteiger partial charge in [-0.3, -0.25) is 9.59 Å². The second-order valence-electron chi connectivity index (χ2n) is 10.4. The van der Waals surface area contributed by atoms with E-state index in [4.69, 9.17) is 5.10 Å². The van der Waals surface area contributed by atoms with Crippen molar-refractivity contribution in [3.8, 4) is 5.69 Å². The zero-order valence-electron chi connectivity index (χ0n) is 21.6. The quantitative estimate of drug-likeness (QED) is 0.432. The summed E-state index contributed by atoms with van der Waals surface area (Å²) in [4.78, 5) is 27.6. The largest absolute Gasteiger partial charge is 0.333 e. The van der Waals surface area contributed by atoms with Crippen LogP contribution in [0.1, 0.15) is 84.9 Å². The maximum atomic E-state index is 13.1. The summed E-state index contributed by atoms with van der Waals surface area (Å²) < 4.78 is 1.80. The molecule has 6 heteroatoms. The van der Waals surface area contributed by atoms with Crippen LogP contribution in [0, 0.1) is 12.8 Å². The normalized spacial score (nSPS) is 11.6. The molecule has 0 saturated heterocycles. The minimum atomic E-state index is -0.201. The summed E-state index contributed by atoms with van der Waals surface area (Å²) in [6, 6.07) is 9.91. The molecule has 1 aromatic heterocycles. The molecule has 0 unspecified atom stereocenters. The molecule has 0 atom stereocenters. The van der Waals surface area contributed by atoms with E-state index >= 15 is 0 Å². The Hall–Kier alpha value is -2.63. The Kier molecular flexibility index (Phi) is 9.69. The topological polar surface area (TPSA) is 67.2 Å². The second-order valence-corrected chi connectivity index (χ2v) is 10.4. The van der Waals surface area contributed by atoms with Crippen molar-refractivity contribution in [2.24, 2.45) is 5.92 Å². The maximum Gasteiger partial charge on any atom is 0.245 e. The number of carbonyl (C=O) groups excluding carboxylic acids is 2. The van der Waals surface area contributed by atoms with Crippen molar-refractivity contribution in [3.63, 3.8) is 0 Å². The lowest BCUT2D eigenvalue weighted by Crippen LogP contribution is -2.40. The van der Waals surface area contributed by atoms with Crippen LogP contribution in [0.4, 0.5) is 5.82 Å². The first-order chi connectivity index (χ1) is 15.5. The van der Waals surface area contributed by atoms with Crippen LogP contribution in [0.5, 0.6) is 0 Å². The smallest absolute Gasteiger partial charge is 0.245 e. The van der Waals surface area contributed by atoms with Crippen LogP contribution in [-0.4, -0.2) is 39.6 Å². The highest BCUT2D eigenvalue weighted by Gasteiger charge is 2.23. The number of nitrogens with zero attached hydrogens (tertiary/aromatic N) is 3. The van der Waals surface area contributed by atoms with Gasteiger partial charge in [-0.2, -0.15) is 5.10 Å². The number of carbonyl (C=O) groups is 2. The van der Waals surface area contributed by atoms with Gasteiger partial charge in [0.25, 0.3) is 0 Å². The number of unbranched alkanes of at least 4 members (excludes halogenated alkanes) is 3. The Morgan fingerprint density at radius 3 is 2.42 bits per heavy atom. The fourth-order valence-electron chi connectivity index (χ4n) is 3.73. The minimum Gasteiger partial charge on any atom is -0.333 e. The van der Waals surface area contributed by atoms with Gasteiger partial charge in [0.15, 0.2) is 0 Å². The third-order valence-corrected chi connectivity index (χ3v) is 5.61. The lowest BCUT2D eigenvalue weighted by molar-refractivity contribution is -0.135. The van der Waals surface area contributed by atoms with Crippen LogP contribution in [0.25, 0.3) is 5.69 Å². The van der Waals surface area contributed by atoms with Crippen LogP contribution in [0.15, 0.2) is 30.3 Å². The van der Waals surface area contributed by atoms with Crippen molar-refractivity contribution in [2.75, 3.05) is 18.4 Å². The van der Waals surface area contributed by atoms with Crippen molar-refractivity contribution >= 4 is 17.6 Å². The summed E-state index contributed by atoms with van der Waals surface area (Å²) in [6.07, 6.45) is 4.69. The van der Waals surface area contributed by atoms with E-state index in [1.54, 1.807) is 9.58 Å². The van der Waals surface area contributed by atoms with E-state index < -0.39 is 0 Å².